The number of nitrogens with zero attached hydrogens (tertiary/aromatic N) is 2. The number of ether oxygens (including phenoxy) is 1. The topological polar surface area (TPSA) is 60.2 Å². The van der Waals surface area contributed by atoms with Crippen LogP contribution in [0.5, 0.6) is 5.75 Å². The van der Waals surface area contributed by atoms with E-state index in [-0.39, 0.29) is 5.92 Å². The molecule has 1 atom stereocenters. The smallest absolute Gasteiger partial charge is 0.315 e. The van der Waals surface area contributed by atoms with E-state index in [2.05, 4.69) is 53.6 Å². The van der Waals surface area contributed by atoms with Gasteiger partial charge in [0.15, 0.2) is 0 Å². The Morgan fingerprint density at radius 1 is 1.12 bits per heavy atom. The van der Waals surface area contributed by atoms with E-state index in [1.165, 1.54) is 5.39 Å². The lowest BCUT2D eigenvalue weighted by Crippen LogP contribution is -2.00. The Morgan fingerprint density at radius 2 is 1.92 bits per heavy atom. The van der Waals surface area contributed by atoms with Crippen molar-refractivity contribution in [2.75, 3.05) is 19.0 Å². The zero-order valence-electron chi connectivity index (χ0n) is 14.4. The second kappa shape index (κ2) is 7.34. The molecule has 126 valence electrons. The molecule has 0 radical (unpaired) electrons. The summed E-state index contributed by atoms with van der Waals surface area (Å²) in [5, 5.41) is 13.7. The zero-order valence-corrected chi connectivity index (χ0v) is 14.4. The molecule has 0 bridgehead atoms. The Morgan fingerprint density at radius 3 is 2.71 bits per heavy atom. The molecule has 1 heterocycles. The quantitative estimate of drug-likeness (QED) is 0.644. The fourth-order valence-corrected chi connectivity index (χ4v) is 2.63. The first kappa shape index (κ1) is 16.3. The van der Waals surface area contributed by atoms with Gasteiger partial charge < -0.3 is 14.5 Å². The van der Waals surface area contributed by atoms with Gasteiger partial charge >= 0.3 is 6.01 Å². The fourth-order valence-electron chi connectivity index (χ4n) is 2.63. The third-order valence-corrected chi connectivity index (χ3v) is 4.19. The number of unbranched alkanes of at least 4 members (excludes halogenated alkanes) is 1. The van der Waals surface area contributed by atoms with E-state index in [0.29, 0.717) is 11.9 Å². The van der Waals surface area contributed by atoms with Crippen LogP contribution in [0.4, 0.5) is 6.01 Å². The van der Waals surface area contributed by atoms with Crippen LogP contribution in [0.15, 0.2) is 40.8 Å². The lowest BCUT2D eigenvalue weighted by atomic mass is 9.97. The lowest BCUT2D eigenvalue weighted by Gasteiger charge is -2.09. The summed E-state index contributed by atoms with van der Waals surface area (Å²) in [6.07, 6.45) is 2.22. The maximum Gasteiger partial charge on any atom is 0.315 e. The number of fused-ring (bicyclic) bond motifs is 1. The molecule has 0 aliphatic rings. The van der Waals surface area contributed by atoms with Crippen LogP contribution in [0, 0.1) is 0 Å². The van der Waals surface area contributed by atoms with Crippen molar-refractivity contribution in [1.29, 1.82) is 0 Å². The molecule has 5 nitrogen and oxygen atoms in total. The highest BCUT2D eigenvalue weighted by molar-refractivity contribution is 5.84. The SMILES string of the molecule is CCCCNc1nnc(C(C)c2ccc3cc(OC)ccc3c2)o1. The highest BCUT2D eigenvalue weighted by Gasteiger charge is 2.16. The molecule has 0 aliphatic carbocycles. The largest absolute Gasteiger partial charge is 0.497 e. The third kappa shape index (κ3) is 3.50. The summed E-state index contributed by atoms with van der Waals surface area (Å²) in [5.74, 6) is 1.54. The molecule has 0 amide bonds. The first-order valence-corrected chi connectivity index (χ1v) is 8.36. The maximum atomic E-state index is 5.74. The van der Waals surface area contributed by atoms with Crippen molar-refractivity contribution in [3.63, 3.8) is 0 Å². The van der Waals surface area contributed by atoms with Crippen molar-refractivity contribution in [1.82, 2.24) is 10.2 Å². The summed E-state index contributed by atoms with van der Waals surface area (Å²) >= 11 is 0. The Labute approximate surface area is 142 Å². The van der Waals surface area contributed by atoms with Gasteiger partial charge in [-0.05, 0) is 41.8 Å². The average molecular weight is 325 g/mol. The molecule has 1 aromatic heterocycles. The molecule has 0 spiro atoms. The van der Waals surface area contributed by atoms with Crippen LogP contribution in [-0.2, 0) is 0 Å². The molecule has 2 aromatic carbocycles. The van der Waals surface area contributed by atoms with Crippen LogP contribution < -0.4 is 10.1 Å². The van der Waals surface area contributed by atoms with E-state index in [4.69, 9.17) is 9.15 Å². The molecule has 1 N–H and O–H groups in total. The van der Waals surface area contributed by atoms with E-state index < -0.39 is 0 Å². The minimum absolute atomic E-state index is 0.0470. The summed E-state index contributed by atoms with van der Waals surface area (Å²) in [5.41, 5.74) is 1.15. The van der Waals surface area contributed by atoms with Crippen molar-refractivity contribution in [3.8, 4) is 5.75 Å². The third-order valence-electron chi connectivity index (χ3n) is 4.19. The second-order valence-corrected chi connectivity index (χ2v) is 5.92. The first-order chi connectivity index (χ1) is 11.7. The van der Waals surface area contributed by atoms with E-state index in [1.54, 1.807) is 7.11 Å². The minimum atomic E-state index is 0.0470. The van der Waals surface area contributed by atoms with E-state index in [1.807, 2.05) is 12.1 Å². The van der Waals surface area contributed by atoms with Gasteiger partial charge in [0.05, 0.1) is 13.0 Å². The normalized spacial score (nSPS) is 12.3. The number of benzene rings is 2. The number of rotatable bonds is 7. The van der Waals surface area contributed by atoms with Crippen LogP contribution in [-0.4, -0.2) is 23.9 Å². The molecule has 0 aliphatic heterocycles. The number of hydrogen-bond donors (Lipinski definition) is 1. The maximum absolute atomic E-state index is 5.74. The zero-order chi connectivity index (χ0) is 16.9. The monoisotopic (exact) mass is 325 g/mol. The molecule has 0 fully saturated rings. The molecule has 3 aromatic rings. The second-order valence-electron chi connectivity index (χ2n) is 5.92. The summed E-state index contributed by atoms with van der Waals surface area (Å²) in [4.78, 5) is 0. The summed E-state index contributed by atoms with van der Waals surface area (Å²) in [7, 11) is 1.68. The average Bonchev–Trinajstić information content (AvgIpc) is 3.09. The summed E-state index contributed by atoms with van der Waals surface area (Å²) in [6, 6.07) is 12.9. The van der Waals surface area contributed by atoms with Crippen molar-refractivity contribution in [2.45, 2.75) is 32.6 Å². The highest BCUT2D eigenvalue weighted by atomic mass is 16.5. The van der Waals surface area contributed by atoms with Crippen molar-refractivity contribution >= 4 is 16.8 Å². The molecule has 1 unspecified atom stereocenters. The summed E-state index contributed by atoms with van der Waals surface area (Å²) < 4.78 is 11.0. The van der Waals surface area contributed by atoms with Gasteiger partial charge in [0, 0.05) is 6.54 Å². The van der Waals surface area contributed by atoms with Gasteiger partial charge in [0.2, 0.25) is 5.89 Å². The molecular formula is C19H23N3O2. The molecular weight excluding hydrogens is 302 g/mol. The highest BCUT2D eigenvalue weighted by Crippen LogP contribution is 2.28. The van der Waals surface area contributed by atoms with Gasteiger partial charge in [0.25, 0.3) is 0 Å². The summed E-state index contributed by atoms with van der Waals surface area (Å²) in [6.45, 7) is 5.08. The van der Waals surface area contributed by atoms with Crippen molar-refractivity contribution in [3.05, 3.63) is 47.9 Å². The van der Waals surface area contributed by atoms with Gasteiger partial charge in [-0.1, -0.05) is 42.7 Å². The predicted octanol–water partition coefficient (Wildman–Crippen LogP) is 4.60. The van der Waals surface area contributed by atoms with Crippen LogP contribution in [0.1, 0.15) is 44.1 Å². The fraction of sp³-hybridized carbons (Fsp3) is 0.368. The molecule has 5 heteroatoms. The Balaban J connectivity index is 1.79. The van der Waals surface area contributed by atoms with Crippen LogP contribution in [0.25, 0.3) is 10.8 Å². The van der Waals surface area contributed by atoms with Gasteiger partial charge in [-0.3, -0.25) is 0 Å². The molecule has 3 rings (SSSR count). The van der Waals surface area contributed by atoms with Gasteiger partial charge in [-0.15, -0.1) is 5.10 Å². The number of anilines is 1. The standard InChI is InChI=1S/C19H23N3O2/c1-4-5-10-20-19-22-21-18(24-19)13(2)14-6-7-16-12-17(23-3)9-8-15(16)11-14/h6-9,11-13H,4-5,10H2,1-3H3,(H,20,22). The van der Waals surface area contributed by atoms with Crippen LogP contribution >= 0.6 is 0 Å². The van der Waals surface area contributed by atoms with E-state index in [9.17, 15) is 0 Å². The van der Waals surface area contributed by atoms with Gasteiger partial charge in [0.1, 0.15) is 5.75 Å². The van der Waals surface area contributed by atoms with Gasteiger partial charge in [-0.2, -0.15) is 0 Å². The number of aromatic nitrogens is 2. The Hall–Kier alpha value is -2.56. The lowest BCUT2D eigenvalue weighted by molar-refractivity contribution is 0.415. The van der Waals surface area contributed by atoms with E-state index >= 15 is 0 Å². The molecule has 24 heavy (non-hydrogen) atoms. The minimum Gasteiger partial charge on any atom is -0.497 e. The van der Waals surface area contributed by atoms with Gasteiger partial charge in [-0.25, -0.2) is 0 Å². The van der Waals surface area contributed by atoms with Crippen LogP contribution in [0.2, 0.25) is 0 Å². The molecule has 0 saturated carbocycles. The van der Waals surface area contributed by atoms with Crippen LogP contribution in [0.3, 0.4) is 0 Å². The number of nitrogens with one attached hydrogen (secondary N) is 1. The van der Waals surface area contributed by atoms with Crippen molar-refractivity contribution in [2.24, 2.45) is 0 Å². The Bertz CT molecular complexity index is 813. The van der Waals surface area contributed by atoms with E-state index in [0.717, 1.165) is 36.1 Å². The number of hydrogen-bond acceptors (Lipinski definition) is 5. The Kier molecular flexibility index (Phi) is 4.99. The first-order valence-electron chi connectivity index (χ1n) is 8.36. The van der Waals surface area contributed by atoms with Crippen molar-refractivity contribution < 1.29 is 9.15 Å². The molecule has 0 saturated heterocycles. The number of methoxy groups -OCH3 is 1. The predicted molar refractivity (Wildman–Crippen MR) is 95.7 cm³/mol.